The van der Waals surface area contributed by atoms with E-state index in [1.807, 2.05) is 22.7 Å². The summed E-state index contributed by atoms with van der Waals surface area (Å²) in [5, 5.41) is 0. The van der Waals surface area contributed by atoms with Crippen LogP contribution in [0.25, 0.3) is 42.0 Å². The quantitative estimate of drug-likeness (QED) is 0.114. The van der Waals surface area contributed by atoms with Crippen LogP contribution in [0.2, 0.25) is 0 Å². The van der Waals surface area contributed by atoms with Gasteiger partial charge in [-0.1, -0.05) is 125 Å². The highest BCUT2D eigenvalue weighted by molar-refractivity contribution is 7.19. The lowest BCUT2D eigenvalue weighted by atomic mass is 10.1. The lowest BCUT2D eigenvalue weighted by Crippen LogP contribution is -2.01. The summed E-state index contributed by atoms with van der Waals surface area (Å²) in [6.07, 6.45) is 13.7. The molecule has 0 bridgehead atoms. The number of hydrogen-bond donors (Lipinski definition) is 0. The molecule has 0 fully saturated rings. The first-order valence-electron chi connectivity index (χ1n) is 14.8. The molecule has 39 heavy (non-hydrogen) atoms. The Hall–Kier alpha value is -2.88. The van der Waals surface area contributed by atoms with Crippen LogP contribution in [0, 0.1) is 0 Å². The zero-order valence-corrected chi connectivity index (χ0v) is 24.9. The maximum Gasteiger partial charge on any atom is 0.0587 e. The fraction of sp³-hybridized carbons (Fsp3) is 0.333. The number of benzene rings is 2. The fourth-order valence-electron chi connectivity index (χ4n) is 5.36. The largest absolute Gasteiger partial charge is 0.339 e. The van der Waals surface area contributed by atoms with E-state index in [1.54, 1.807) is 0 Å². The molecule has 0 spiro atoms. The summed E-state index contributed by atoms with van der Waals surface area (Å²) in [5.41, 5.74) is 5.30. The van der Waals surface area contributed by atoms with Gasteiger partial charge < -0.3 is 4.57 Å². The van der Waals surface area contributed by atoms with Gasteiger partial charge in [0.2, 0.25) is 0 Å². The van der Waals surface area contributed by atoms with Crippen LogP contribution in [0.1, 0.15) is 71.1 Å². The number of aromatic nitrogens is 1. The van der Waals surface area contributed by atoms with Crippen LogP contribution >= 0.6 is 22.7 Å². The topological polar surface area (TPSA) is 4.93 Å². The van der Waals surface area contributed by atoms with Gasteiger partial charge in [0.05, 0.1) is 21.1 Å². The van der Waals surface area contributed by atoms with Crippen LogP contribution in [-0.2, 0) is 6.54 Å². The number of nitrogens with zero attached hydrogens (tertiary/aromatic N) is 1. The van der Waals surface area contributed by atoms with Crippen molar-refractivity contribution < 1.29 is 0 Å². The third-order valence-electron chi connectivity index (χ3n) is 7.55. The summed E-state index contributed by atoms with van der Waals surface area (Å²) < 4.78 is 2.59. The molecule has 0 saturated carbocycles. The minimum absolute atomic E-state index is 1.07. The summed E-state index contributed by atoms with van der Waals surface area (Å²) in [6, 6.07) is 35.4. The van der Waals surface area contributed by atoms with E-state index in [9.17, 15) is 0 Å². The van der Waals surface area contributed by atoms with Gasteiger partial charge in [0, 0.05) is 16.3 Å². The number of thiophene rings is 2. The van der Waals surface area contributed by atoms with Crippen molar-refractivity contribution in [2.45, 2.75) is 77.7 Å². The van der Waals surface area contributed by atoms with Gasteiger partial charge in [-0.3, -0.25) is 0 Å². The molecule has 0 N–H and O–H groups in total. The summed E-state index contributed by atoms with van der Waals surface area (Å²) >= 11 is 3.81. The predicted molar refractivity (Wildman–Crippen MR) is 174 cm³/mol. The molecule has 3 heterocycles. The lowest BCUT2D eigenvalue weighted by Gasteiger charge is -2.12. The second kappa shape index (κ2) is 14.5. The van der Waals surface area contributed by atoms with Gasteiger partial charge >= 0.3 is 0 Å². The molecule has 0 amide bonds. The first-order chi connectivity index (χ1) is 19.3. The number of hydrogen-bond acceptors (Lipinski definition) is 2. The van der Waals surface area contributed by atoms with E-state index in [1.165, 1.54) is 106 Å². The molecule has 202 valence electrons. The first-order valence-corrected chi connectivity index (χ1v) is 16.5. The van der Waals surface area contributed by atoms with Crippen molar-refractivity contribution >= 4 is 22.7 Å². The van der Waals surface area contributed by atoms with Crippen molar-refractivity contribution in [1.29, 1.82) is 0 Å². The molecule has 0 saturated heterocycles. The van der Waals surface area contributed by atoms with Gasteiger partial charge in [0.1, 0.15) is 0 Å². The molecule has 0 aliphatic carbocycles. The van der Waals surface area contributed by atoms with Crippen LogP contribution in [0.3, 0.4) is 0 Å². The third kappa shape index (κ3) is 7.41. The third-order valence-corrected chi connectivity index (χ3v) is 9.86. The maximum atomic E-state index is 2.59. The van der Waals surface area contributed by atoms with E-state index >= 15 is 0 Å². The second-order valence-electron chi connectivity index (χ2n) is 10.5. The van der Waals surface area contributed by atoms with Crippen molar-refractivity contribution in [3.63, 3.8) is 0 Å². The Morgan fingerprint density at radius 1 is 0.436 bits per heavy atom. The molecule has 0 radical (unpaired) electrons. The molecule has 3 aromatic heterocycles. The van der Waals surface area contributed by atoms with Crippen LogP contribution < -0.4 is 0 Å². The van der Waals surface area contributed by atoms with Crippen molar-refractivity contribution in [1.82, 2.24) is 4.57 Å². The SMILES string of the molecule is CCCCCCCCCCCCn1c(-c2ccc(-c3ccccc3)s2)ccc1-c1ccc(-c2ccccc2)s1. The summed E-state index contributed by atoms with van der Waals surface area (Å²) in [7, 11) is 0. The minimum atomic E-state index is 1.07. The van der Waals surface area contributed by atoms with E-state index < -0.39 is 0 Å². The Morgan fingerprint density at radius 3 is 1.31 bits per heavy atom. The minimum Gasteiger partial charge on any atom is -0.339 e. The molecule has 2 aromatic carbocycles. The molecule has 0 aliphatic rings. The molecule has 5 rings (SSSR count). The van der Waals surface area contributed by atoms with Crippen molar-refractivity contribution in [2.75, 3.05) is 0 Å². The van der Waals surface area contributed by atoms with Gasteiger partial charge in [0.25, 0.3) is 0 Å². The van der Waals surface area contributed by atoms with Gasteiger partial charge in [-0.25, -0.2) is 0 Å². The molecule has 0 unspecified atom stereocenters. The van der Waals surface area contributed by atoms with E-state index in [0.29, 0.717) is 0 Å². The highest BCUT2D eigenvalue weighted by Gasteiger charge is 2.16. The average Bonchev–Trinajstić information content (AvgIpc) is 3.75. The molecule has 0 aliphatic heterocycles. The zero-order valence-electron chi connectivity index (χ0n) is 23.3. The summed E-state index contributed by atoms with van der Waals surface area (Å²) in [4.78, 5) is 5.38. The fourth-order valence-corrected chi connectivity index (χ4v) is 7.45. The Morgan fingerprint density at radius 2 is 0.846 bits per heavy atom. The number of unbranched alkanes of at least 4 members (excludes halogenated alkanes) is 9. The van der Waals surface area contributed by atoms with E-state index in [4.69, 9.17) is 0 Å². The Balaban J connectivity index is 1.30. The highest BCUT2D eigenvalue weighted by Crippen LogP contribution is 2.40. The monoisotopic (exact) mass is 551 g/mol. The summed E-state index contributed by atoms with van der Waals surface area (Å²) in [5.74, 6) is 0. The van der Waals surface area contributed by atoms with Gasteiger partial charge in [-0.15, -0.1) is 22.7 Å². The van der Waals surface area contributed by atoms with Crippen LogP contribution in [0.15, 0.2) is 97.1 Å². The normalized spacial score (nSPS) is 11.3. The highest BCUT2D eigenvalue weighted by atomic mass is 32.1. The standard InChI is InChI=1S/C36H41NS2/c1-2-3-4-5-6-7-8-9-10-17-28-37-31(35-26-24-33(38-35)29-18-13-11-14-19-29)22-23-32(37)36-27-25-34(39-36)30-20-15-12-16-21-30/h11-16,18-27H,2-10,17,28H2,1H3. The Labute approximate surface area is 243 Å². The molecular formula is C36H41NS2. The molecular weight excluding hydrogens is 511 g/mol. The molecule has 1 nitrogen and oxygen atoms in total. The van der Waals surface area contributed by atoms with Crippen LogP contribution in [0.5, 0.6) is 0 Å². The van der Waals surface area contributed by atoms with E-state index in [-0.39, 0.29) is 0 Å². The maximum absolute atomic E-state index is 2.59. The average molecular weight is 552 g/mol. The summed E-state index contributed by atoms with van der Waals surface area (Å²) in [6.45, 7) is 3.37. The van der Waals surface area contributed by atoms with Crippen LogP contribution in [0.4, 0.5) is 0 Å². The van der Waals surface area contributed by atoms with Crippen LogP contribution in [-0.4, -0.2) is 4.57 Å². The number of rotatable bonds is 15. The van der Waals surface area contributed by atoms with Crippen molar-refractivity contribution in [3.05, 3.63) is 97.1 Å². The lowest BCUT2D eigenvalue weighted by molar-refractivity contribution is 0.538. The second-order valence-corrected chi connectivity index (χ2v) is 12.7. The van der Waals surface area contributed by atoms with Gasteiger partial charge in [-0.05, 0) is 53.9 Å². The van der Waals surface area contributed by atoms with Crippen molar-refractivity contribution in [2.24, 2.45) is 0 Å². The molecule has 3 heteroatoms. The Bertz CT molecular complexity index is 1300. The Kier molecular flexibility index (Phi) is 10.3. The smallest absolute Gasteiger partial charge is 0.0587 e. The van der Waals surface area contributed by atoms with Gasteiger partial charge in [0.15, 0.2) is 0 Å². The van der Waals surface area contributed by atoms with E-state index in [0.717, 1.165) is 6.54 Å². The predicted octanol–water partition coefficient (Wildman–Crippen LogP) is 12.2. The van der Waals surface area contributed by atoms with E-state index in [2.05, 4.69) is 109 Å². The molecule has 0 atom stereocenters. The van der Waals surface area contributed by atoms with Crippen molar-refractivity contribution in [3.8, 4) is 42.0 Å². The molecule has 5 aromatic rings. The van der Waals surface area contributed by atoms with Gasteiger partial charge in [-0.2, -0.15) is 0 Å². The first kappa shape index (κ1) is 27.7. The zero-order chi connectivity index (χ0) is 26.7.